The summed E-state index contributed by atoms with van der Waals surface area (Å²) in [7, 11) is 0. The van der Waals surface area contributed by atoms with Crippen LogP contribution in [0.2, 0.25) is 0 Å². The van der Waals surface area contributed by atoms with Crippen LogP contribution in [-0.2, 0) is 5.41 Å². The lowest BCUT2D eigenvalue weighted by atomic mass is 9.63. The van der Waals surface area contributed by atoms with Gasteiger partial charge in [0.1, 0.15) is 0 Å². The van der Waals surface area contributed by atoms with E-state index in [2.05, 4.69) is 55.2 Å². The van der Waals surface area contributed by atoms with Gasteiger partial charge in [0.15, 0.2) is 0 Å². The molecule has 0 aromatic heterocycles. The van der Waals surface area contributed by atoms with E-state index in [4.69, 9.17) is 18.0 Å². The summed E-state index contributed by atoms with van der Waals surface area (Å²) in [5.41, 5.74) is 10.5. The molecule has 0 spiro atoms. The van der Waals surface area contributed by atoms with Gasteiger partial charge in [-0.2, -0.15) is 0 Å². The number of hydrogen-bond acceptors (Lipinski definition) is 2. The Balaban J connectivity index is 1.38. The predicted molar refractivity (Wildman–Crippen MR) is 127 cm³/mol. The van der Waals surface area contributed by atoms with Crippen molar-refractivity contribution in [1.29, 1.82) is 0 Å². The van der Waals surface area contributed by atoms with Crippen LogP contribution >= 0.6 is 12.2 Å². The number of benzene rings is 1. The number of rotatable bonds is 3. The molecule has 1 saturated heterocycles. The van der Waals surface area contributed by atoms with Crippen molar-refractivity contribution in [2.45, 2.75) is 70.3 Å². The molecule has 1 aromatic rings. The summed E-state index contributed by atoms with van der Waals surface area (Å²) in [6.45, 7) is 6.72. The maximum Gasteiger partial charge on any atom is 0.0848 e. The number of nitrogens with two attached hydrogens (primary N) is 1. The average Bonchev–Trinajstić information content (AvgIpc) is 3.48. The van der Waals surface area contributed by atoms with E-state index >= 15 is 0 Å². The molecule has 2 nitrogen and oxygen atoms in total. The molecule has 160 valence electrons. The zero-order valence-corrected chi connectivity index (χ0v) is 19.4. The van der Waals surface area contributed by atoms with Gasteiger partial charge in [-0.3, -0.25) is 0 Å². The highest BCUT2D eigenvalue weighted by atomic mass is 32.1. The second kappa shape index (κ2) is 6.42. The lowest BCUT2D eigenvalue weighted by Gasteiger charge is -2.48. The molecule has 0 amide bonds. The molecule has 30 heavy (non-hydrogen) atoms. The van der Waals surface area contributed by atoms with Gasteiger partial charge in [-0.15, -0.1) is 0 Å². The monoisotopic (exact) mass is 420 g/mol. The van der Waals surface area contributed by atoms with Gasteiger partial charge in [-0.25, -0.2) is 0 Å². The molecule has 0 radical (unpaired) electrons. The number of allylic oxidation sites excluding steroid dienone is 2. The Bertz CT molecular complexity index is 901. The number of thiocarbonyl (C=S) groups is 1. The van der Waals surface area contributed by atoms with E-state index in [0.717, 1.165) is 31.3 Å². The molecule has 5 aliphatic carbocycles. The van der Waals surface area contributed by atoms with Crippen molar-refractivity contribution in [1.82, 2.24) is 4.90 Å². The van der Waals surface area contributed by atoms with Crippen molar-refractivity contribution >= 4 is 17.2 Å². The summed E-state index contributed by atoms with van der Waals surface area (Å²) in [6.07, 6.45) is 11.8. The largest absolute Gasteiger partial charge is 0.365 e. The molecule has 1 aliphatic heterocycles. The van der Waals surface area contributed by atoms with Crippen LogP contribution < -0.4 is 5.73 Å². The Morgan fingerprint density at radius 1 is 1.10 bits per heavy atom. The minimum absolute atomic E-state index is 0.137. The fraction of sp³-hybridized carbons (Fsp3) is 0.667. The van der Waals surface area contributed by atoms with Gasteiger partial charge < -0.3 is 10.6 Å². The van der Waals surface area contributed by atoms with Crippen LogP contribution in [0.1, 0.15) is 64.4 Å². The first-order valence-electron chi connectivity index (χ1n) is 12.2. The summed E-state index contributed by atoms with van der Waals surface area (Å²) >= 11 is 6.42. The standard InChI is InChI=1S/C27H36N2S/c1-25(2)17-29(11-10-23(25)28)24(30)27-14-19-13-26(16-27,20-6-4-3-5-7-20)15-22(27)21(19)12-18-8-9-18/h3-7,12,18-19,22-23H,8-11,13-17,28H2,1-2H3/b21-12-/t19?,22?,23-,26?,27?/m0/s1. The highest BCUT2D eigenvalue weighted by Gasteiger charge is 2.68. The second-order valence-electron chi connectivity index (χ2n) is 12.0. The van der Waals surface area contributed by atoms with E-state index in [-0.39, 0.29) is 16.9 Å². The SMILES string of the molecule is CC1(C)CN(C(=S)C23CC4CC(c5ccccc5)(CC2/C4=C\C2CC2)C3)CC[C@@H]1N. The molecule has 6 aliphatic rings. The van der Waals surface area contributed by atoms with Gasteiger partial charge in [0.25, 0.3) is 0 Å². The fourth-order valence-corrected chi connectivity index (χ4v) is 8.24. The van der Waals surface area contributed by atoms with E-state index in [1.165, 1.54) is 43.5 Å². The van der Waals surface area contributed by atoms with Gasteiger partial charge in [-0.1, -0.05) is 68.0 Å². The van der Waals surface area contributed by atoms with Crippen LogP contribution in [0.3, 0.4) is 0 Å². The Hall–Kier alpha value is -1.19. The molecule has 3 heteroatoms. The highest BCUT2D eigenvalue weighted by Crippen LogP contribution is 2.73. The van der Waals surface area contributed by atoms with E-state index in [1.807, 2.05) is 0 Å². The molecule has 5 atom stereocenters. The Kier molecular flexibility index (Phi) is 4.17. The molecule has 1 heterocycles. The molecule has 6 fully saturated rings. The smallest absolute Gasteiger partial charge is 0.0848 e. The zero-order valence-electron chi connectivity index (χ0n) is 18.6. The maximum atomic E-state index is 6.46. The molecule has 4 unspecified atom stereocenters. The number of nitrogens with zero attached hydrogens (tertiary/aromatic N) is 1. The maximum absolute atomic E-state index is 6.46. The molecular formula is C27H36N2S. The van der Waals surface area contributed by atoms with Crippen LogP contribution in [-0.4, -0.2) is 29.0 Å². The third-order valence-electron chi connectivity index (χ3n) is 9.50. The number of hydrogen-bond donors (Lipinski definition) is 1. The van der Waals surface area contributed by atoms with Crippen molar-refractivity contribution in [3.8, 4) is 0 Å². The topological polar surface area (TPSA) is 29.3 Å². The van der Waals surface area contributed by atoms with Gasteiger partial charge in [0, 0.05) is 24.5 Å². The Morgan fingerprint density at radius 3 is 2.57 bits per heavy atom. The van der Waals surface area contributed by atoms with E-state index in [0.29, 0.717) is 11.3 Å². The average molecular weight is 421 g/mol. The molecule has 7 rings (SSSR count). The van der Waals surface area contributed by atoms with E-state index < -0.39 is 0 Å². The normalized spacial score (nSPS) is 42.8. The van der Waals surface area contributed by atoms with Crippen molar-refractivity contribution < 1.29 is 0 Å². The molecule has 4 bridgehead atoms. The first-order chi connectivity index (χ1) is 14.3. The Morgan fingerprint density at radius 2 is 1.87 bits per heavy atom. The third-order valence-corrected chi connectivity index (χ3v) is 10.2. The van der Waals surface area contributed by atoms with Gasteiger partial charge in [-0.05, 0) is 79.1 Å². The summed E-state index contributed by atoms with van der Waals surface area (Å²) in [5.74, 6) is 2.28. The van der Waals surface area contributed by atoms with Crippen molar-refractivity contribution in [2.75, 3.05) is 13.1 Å². The molecular weight excluding hydrogens is 384 g/mol. The lowest BCUT2D eigenvalue weighted by molar-refractivity contribution is 0.133. The highest BCUT2D eigenvalue weighted by molar-refractivity contribution is 7.80. The van der Waals surface area contributed by atoms with Crippen LogP contribution in [0.5, 0.6) is 0 Å². The minimum Gasteiger partial charge on any atom is -0.365 e. The molecule has 1 aromatic carbocycles. The third kappa shape index (κ3) is 2.73. The first kappa shape index (κ1) is 19.5. The summed E-state index contributed by atoms with van der Waals surface area (Å²) in [4.78, 5) is 3.86. The van der Waals surface area contributed by atoms with E-state index in [1.54, 1.807) is 11.1 Å². The van der Waals surface area contributed by atoms with Crippen molar-refractivity contribution in [2.24, 2.45) is 34.3 Å². The second-order valence-corrected chi connectivity index (χ2v) is 12.3. The van der Waals surface area contributed by atoms with Gasteiger partial charge in [0.2, 0.25) is 0 Å². The lowest BCUT2D eigenvalue weighted by Crippen LogP contribution is -2.56. The van der Waals surface area contributed by atoms with Crippen LogP contribution in [0.25, 0.3) is 0 Å². The van der Waals surface area contributed by atoms with Crippen molar-refractivity contribution in [3.63, 3.8) is 0 Å². The summed E-state index contributed by atoms with van der Waals surface area (Å²) < 4.78 is 0. The molecule has 2 N–H and O–H groups in total. The van der Waals surface area contributed by atoms with Gasteiger partial charge >= 0.3 is 0 Å². The first-order valence-corrected chi connectivity index (χ1v) is 12.6. The summed E-state index contributed by atoms with van der Waals surface area (Å²) in [5, 5.41) is 0. The number of piperidine rings is 1. The van der Waals surface area contributed by atoms with Crippen LogP contribution in [0.15, 0.2) is 42.0 Å². The minimum atomic E-state index is 0.137. The van der Waals surface area contributed by atoms with Crippen LogP contribution in [0.4, 0.5) is 0 Å². The summed E-state index contributed by atoms with van der Waals surface area (Å²) in [6, 6.07) is 11.7. The molecule has 5 saturated carbocycles. The zero-order chi connectivity index (χ0) is 20.7. The van der Waals surface area contributed by atoms with Gasteiger partial charge in [0.05, 0.1) is 4.99 Å². The predicted octanol–water partition coefficient (Wildman–Crippen LogP) is 5.47. The van der Waals surface area contributed by atoms with Crippen molar-refractivity contribution in [3.05, 3.63) is 47.5 Å². The van der Waals surface area contributed by atoms with E-state index in [9.17, 15) is 0 Å². The quantitative estimate of drug-likeness (QED) is 0.519. The fourth-order valence-electron chi connectivity index (χ4n) is 7.79. The number of likely N-dealkylation sites (tertiary alicyclic amines) is 1. The Labute approximate surface area is 187 Å². The van der Waals surface area contributed by atoms with Crippen LogP contribution in [0, 0.1) is 28.6 Å².